The van der Waals surface area contributed by atoms with E-state index in [1.165, 1.54) is 43.5 Å². The Morgan fingerprint density at radius 1 is 1.00 bits per heavy atom. The molecule has 0 atom stereocenters. The van der Waals surface area contributed by atoms with Gasteiger partial charge in [-0.3, -0.25) is 4.31 Å². The molecule has 0 spiro atoms. The Hall–Kier alpha value is -2.64. The van der Waals surface area contributed by atoms with E-state index in [2.05, 4.69) is 0 Å². The number of sulfonamides is 1. The second-order valence-corrected chi connectivity index (χ2v) is 8.20. The van der Waals surface area contributed by atoms with Crippen molar-refractivity contribution in [3.63, 3.8) is 0 Å². The quantitative estimate of drug-likeness (QED) is 0.559. The fraction of sp³-hybridized carbons (Fsp3) is 0.100. The Morgan fingerprint density at radius 3 is 2.32 bits per heavy atom. The van der Waals surface area contributed by atoms with Crippen LogP contribution >= 0.6 is 11.6 Å². The zero-order chi connectivity index (χ0) is 20.3. The Balaban J connectivity index is 2.09. The van der Waals surface area contributed by atoms with Crippen LogP contribution in [-0.4, -0.2) is 15.5 Å². The van der Waals surface area contributed by atoms with Crippen molar-refractivity contribution in [1.29, 1.82) is 0 Å². The van der Waals surface area contributed by atoms with Crippen LogP contribution in [0.2, 0.25) is 5.02 Å². The molecule has 3 aromatic rings. The van der Waals surface area contributed by atoms with Gasteiger partial charge in [0.25, 0.3) is 10.0 Å². The second-order valence-electron chi connectivity index (χ2n) is 5.90. The monoisotopic (exact) mass is 423 g/mol. The van der Waals surface area contributed by atoms with Crippen molar-refractivity contribution in [3.05, 3.63) is 89.0 Å². The lowest BCUT2D eigenvalue weighted by atomic mass is 10.2. The third-order valence-electron chi connectivity index (χ3n) is 4.07. The summed E-state index contributed by atoms with van der Waals surface area (Å²) in [5.41, 5.74) is 0.283. The van der Waals surface area contributed by atoms with Crippen molar-refractivity contribution >= 4 is 27.3 Å². The van der Waals surface area contributed by atoms with E-state index in [1.54, 1.807) is 18.2 Å². The van der Waals surface area contributed by atoms with Gasteiger partial charge >= 0.3 is 0 Å². The minimum absolute atomic E-state index is 0.00389. The van der Waals surface area contributed by atoms with Crippen molar-refractivity contribution in [2.24, 2.45) is 0 Å². The van der Waals surface area contributed by atoms with E-state index in [-0.39, 0.29) is 22.7 Å². The van der Waals surface area contributed by atoms with Gasteiger partial charge in [0.2, 0.25) is 0 Å². The van der Waals surface area contributed by atoms with Crippen LogP contribution in [-0.2, 0) is 16.6 Å². The van der Waals surface area contributed by atoms with Crippen molar-refractivity contribution in [3.8, 4) is 5.75 Å². The first-order valence-corrected chi connectivity index (χ1v) is 9.99. The van der Waals surface area contributed by atoms with Gasteiger partial charge in [-0.25, -0.2) is 17.2 Å². The fourth-order valence-electron chi connectivity index (χ4n) is 2.63. The summed E-state index contributed by atoms with van der Waals surface area (Å²) >= 11 is 6.02. The standard InChI is InChI=1S/C20H16ClF2NO3S/c1-27-18-7-9-19(10-8-18)28(25,26)24(17-4-2-3-15(21)11-17)13-14-5-6-16(22)12-20(14)23/h2-12H,13H2,1H3. The highest BCUT2D eigenvalue weighted by molar-refractivity contribution is 7.92. The highest BCUT2D eigenvalue weighted by Gasteiger charge is 2.26. The average molecular weight is 424 g/mol. The molecule has 4 nitrogen and oxygen atoms in total. The molecule has 3 aromatic carbocycles. The molecule has 0 amide bonds. The number of rotatable bonds is 6. The van der Waals surface area contributed by atoms with Crippen LogP contribution < -0.4 is 9.04 Å². The van der Waals surface area contributed by atoms with Crippen LogP contribution in [0.4, 0.5) is 14.5 Å². The van der Waals surface area contributed by atoms with Crippen LogP contribution in [0, 0.1) is 11.6 Å². The van der Waals surface area contributed by atoms with Crippen LogP contribution in [0.3, 0.4) is 0 Å². The summed E-state index contributed by atoms with van der Waals surface area (Å²) in [6, 6.07) is 15.0. The molecular weight excluding hydrogens is 408 g/mol. The van der Waals surface area contributed by atoms with E-state index >= 15 is 0 Å². The number of methoxy groups -OCH3 is 1. The predicted molar refractivity (Wildman–Crippen MR) is 104 cm³/mol. The molecule has 0 bridgehead atoms. The van der Waals surface area contributed by atoms with Gasteiger partial charge in [-0.2, -0.15) is 0 Å². The van der Waals surface area contributed by atoms with E-state index in [9.17, 15) is 17.2 Å². The van der Waals surface area contributed by atoms with Gasteiger partial charge in [-0.05, 0) is 48.5 Å². The molecule has 0 heterocycles. The Labute approximate surface area is 167 Å². The summed E-state index contributed by atoms with van der Waals surface area (Å²) in [6.07, 6.45) is 0. The molecule has 0 saturated heterocycles. The lowest BCUT2D eigenvalue weighted by Gasteiger charge is -2.25. The molecule has 0 unspecified atom stereocenters. The zero-order valence-electron chi connectivity index (χ0n) is 14.8. The van der Waals surface area contributed by atoms with E-state index in [4.69, 9.17) is 16.3 Å². The summed E-state index contributed by atoms with van der Waals surface area (Å²) in [6.45, 7) is -0.333. The van der Waals surface area contributed by atoms with Gasteiger partial charge < -0.3 is 4.74 Å². The fourth-order valence-corrected chi connectivity index (χ4v) is 4.25. The number of nitrogens with zero attached hydrogens (tertiary/aromatic N) is 1. The number of halogens is 3. The molecule has 3 rings (SSSR count). The minimum Gasteiger partial charge on any atom is -0.497 e. The van der Waals surface area contributed by atoms with Gasteiger partial charge in [0.1, 0.15) is 17.4 Å². The van der Waals surface area contributed by atoms with Crippen LogP contribution in [0.5, 0.6) is 5.75 Å². The number of hydrogen-bond acceptors (Lipinski definition) is 3. The van der Waals surface area contributed by atoms with Crippen molar-refractivity contribution in [1.82, 2.24) is 0 Å². The Kier molecular flexibility index (Phi) is 5.86. The van der Waals surface area contributed by atoms with Gasteiger partial charge in [0, 0.05) is 16.7 Å². The summed E-state index contributed by atoms with van der Waals surface area (Å²) < 4.78 is 60.0. The number of benzene rings is 3. The highest BCUT2D eigenvalue weighted by Crippen LogP contribution is 2.29. The summed E-state index contributed by atoms with van der Waals surface area (Å²) in [5.74, 6) is -1.08. The molecule has 0 aromatic heterocycles. The maximum Gasteiger partial charge on any atom is 0.264 e. The first-order valence-electron chi connectivity index (χ1n) is 8.17. The number of anilines is 1. The largest absolute Gasteiger partial charge is 0.497 e. The molecule has 0 saturated carbocycles. The van der Waals surface area contributed by atoms with Crippen molar-refractivity contribution < 1.29 is 21.9 Å². The lowest BCUT2D eigenvalue weighted by Crippen LogP contribution is -2.31. The van der Waals surface area contributed by atoms with Gasteiger partial charge in [-0.15, -0.1) is 0 Å². The molecular formula is C20H16ClF2NO3S. The van der Waals surface area contributed by atoms with Gasteiger partial charge in [0.05, 0.1) is 24.2 Å². The molecule has 0 aliphatic heterocycles. The first kappa shape index (κ1) is 20.1. The Bertz CT molecular complexity index is 1090. The number of hydrogen-bond donors (Lipinski definition) is 0. The molecule has 0 aliphatic carbocycles. The second kappa shape index (κ2) is 8.16. The van der Waals surface area contributed by atoms with Gasteiger partial charge in [-0.1, -0.05) is 23.7 Å². The summed E-state index contributed by atoms with van der Waals surface area (Å²) in [5, 5.41) is 0.326. The molecule has 0 aliphatic rings. The maximum absolute atomic E-state index is 14.2. The average Bonchev–Trinajstić information content (AvgIpc) is 2.67. The van der Waals surface area contributed by atoms with E-state index in [0.29, 0.717) is 16.8 Å². The maximum atomic E-state index is 14.2. The first-order chi connectivity index (χ1) is 13.3. The van der Waals surface area contributed by atoms with E-state index in [0.717, 1.165) is 10.4 Å². The lowest BCUT2D eigenvalue weighted by molar-refractivity contribution is 0.414. The molecule has 0 radical (unpaired) electrons. The predicted octanol–water partition coefficient (Wildman–Crippen LogP) is 5.02. The molecule has 0 N–H and O–H groups in total. The van der Waals surface area contributed by atoms with Crippen molar-refractivity contribution in [2.75, 3.05) is 11.4 Å². The van der Waals surface area contributed by atoms with E-state index in [1.807, 2.05) is 0 Å². The normalized spacial score (nSPS) is 11.3. The molecule has 0 fully saturated rings. The topological polar surface area (TPSA) is 46.6 Å². The Morgan fingerprint density at radius 2 is 1.71 bits per heavy atom. The minimum atomic E-state index is -4.06. The van der Waals surface area contributed by atoms with Crippen LogP contribution in [0.1, 0.15) is 5.56 Å². The zero-order valence-corrected chi connectivity index (χ0v) is 16.3. The molecule has 146 valence electrons. The third-order valence-corrected chi connectivity index (χ3v) is 6.10. The highest BCUT2D eigenvalue weighted by atomic mass is 35.5. The van der Waals surface area contributed by atoms with E-state index < -0.39 is 21.7 Å². The van der Waals surface area contributed by atoms with Crippen LogP contribution in [0.15, 0.2) is 71.6 Å². The van der Waals surface area contributed by atoms with Crippen LogP contribution in [0.25, 0.3) is 0 Å². The molecule has 28 heavy (non-hydrogen) atoms. The summed E-state index contributed by atoms with van der Waals surface area (Å²) in [7, 11) is -2.59. The molecule has 8 heteroatoms. The SMILES string of the molecule is COc1ccc(S(=O)(=O)N(Cc2ccc(F)cc2F)c2cccc(Cl)c2)cc1. The smallest absolute Gasteiger partial charge is 0.264 e. The van der Waals surface area contributed by atoms with Gasteiger partial charge in [0.15, 0.2) is 0 Å². The van der Waals surface area contributed by atoms with Crippen molar-refractivity contribution in [2.45, 2.75) is 11.4 Å². The number of ether oxygens (including phenoxy) is 1. The third kappa shape index (κ3) is 4.26. The summed E-state index contributed by atoms with van der Waals surface area (Å²) in [4.78, 5) is -0.00389.